The molecule has 7 heteroatoms. The number of amides is 3. The standard InChI is InChI=1S/C23H25N3O3S/c1-2-16-9-11-17(12-10-16)24-20(27)15-26-18-7-3-4-8-19(18)30-21(23(26)29)22(28)25-13-5-6-14-25/h3-4,7-12,21H,2,5-6,13-15H2,1H3,(H,24,27)/t21-/m1/s1. The summed E-state index contributed by atoms with van der Waals surface area (Å²) in [5.41, 5.74) is 2.55. The van der Waals surface area contributed by atoms with Gasteiger partial charge in [0.15, 0.2) is 5.25 Å². The minimum atomic E-state index is -0.838. The summed E-state index contributed by atoms with van der Waals surface area (Å²) < 4.78 is 0. The summed E-state index contributed by atoms with van der Waals surface area (Å²) in [6, 6.07) is 15.1. The van der Waals surface area contributed by atoms with Crippen LogP contribution >= 0.6 is 11.8 Å². The summed E-state index contributed by atoms with van der Waals surface area (Å²) in [5, 5.41) is 2.02. The number of benzene rings is 2. The molecule has 2 aliphatic rings. The van der Waals surface area contributed by atoms with Crippen LogP contribution in [0.5, 0.6) is 0 Å². The summed E-state index contributed by atoms with van der Waals surface area (Å²) in [6.07, 6.45) is 2.87. The maximum absolute atomic E-state index is 13.2. The summed E-state index contributed by atoms with van der Waals surface area (Å²) in [5.74, 6) is -0.772. The van der Waals surface area contributed by atoms with Crippen LogP contribution in [-0.4, -0.2) is 47.5 Å². The molecule has 0 unspecified atom stereocenters. The van der Waals surface area contributed by atoms with Gasteiger partial charge in [-0.05, 0) is 49.1 Å². The van der Waals surface area contributed by atoms with Crippen LogP contribution in [0.25, 0.3) is 0 Å². The Morgan fingerprint density at radius 1 is 1.07 bits per heavy atom. The highest BCUT2D eigenvalue weighted by molar-refractivity contribution is 8.01. The fourth-order valence-corrected chi connectivity index (χ4v) is 5.00. The van der Waals surface area contributed by atoms with E-state index in [4.69, 9.17) is 0 Å². The van der Waals surface area contributed by atoms with Crippen molar-refractivity contribution in [1.29, 1.82) is 0 Å². The molecule has 156 valence electrons. The number of carbonyl (C=O) groups is 3. The van der Waals surface area contributed by atoms with Crippen molar-refractivity contribution in [2.24, 2.45) is 0 Å². The first-order valence-corrected chi connectivity index (χ1v) is 11.2. The van der Waals surface area contributed by atoms with Crippen LogP contribution in [0.4, 0.5) is 11.4 Å². The number of nitrogens with zero attached hydrogens (tertiary/aromatic N) is 2. The average Bonchev–Trinajstić information content (AvgIpc) is 3.30. The predicted molar refractivity (Wildman–Crippen MR) is 119 cm³/mol. The second-order valence-electron chi connectivity index (χ2n) is 7.52. The minimum Gasteiger partial charge on any atom is -0.341 e. The Hall–Kier alpha value is -2.80. The smallest absolute Gasteiger partial charge is 0.250 e. The maximum atomic E-state index is 13.2. The summed E-state index contributed by atoms with van der Waals surface area (Å²) in [6.45, 7) is 3.33. The fraction of sp³-hybridized carbons (Fsp3) is 0.348. The molecule has 0 aliphatic carbocycles. The molecule has 30 heavy (non-hydrogen) atoms. The molecule has 0 radical (unpaired) electrons. The van der Waals surface area contributed by atoms with Crippen LogP contribution in [0.2, 0.25) is 0 Å². The van der Waals surface area contributed by atoms with E-state index in [9.17, 15) is 14.4 Å². The van der Waals surface area contributed by atoms with Crippen molar-refractivity contribution >= 4 is 40.9 Å². The number of thioether (sulfide) groups is 1. The SMILES string of the molecule is CCc1ccc(NC(=O)CN2C(=O)[C@@H](C(=O)N3CCCC3)Sc3ccccc32)cc1. The zero-order valence-corrected chi connectivity index (χ0v) is 17.8. The molecule has 0 saturated carbocycles. The Balaban J connectivity index is 1.53. The first-order valence-electron chi connectivity index (χ1n) is 10.3. The van der Waals surface area contributed by atoms with Crippen LogP contribution in [0, 0.1) is 0 Å². The molecule has 0 aromatic heterocycles. The molecule has 2 heterocycles. The van der Waals surface area contributed by atoms with Gasteiger partial charge in [-0.3, -0.25) is 14.4 Å². The van der Waals surface area contributed by atoms with E-state index in [-0.39, 0.29) is 24.3 Å². The molecule has 1 fully saturated rings. The Morgan fingerprint density at radius 3 is 2.47 bits per heavy atom. The number of rotatable bonds is 5. The largest absolute Gasteiger partial charge is 0.341 e. The molecular formula is C23H25N3O3S. The van der Waals surface area contributed by atoms with Crippen LogP contribution < -0.4 is 10.2 Å². The summed E-state index contributed by atoms with van der Waals surface area (Å²) >= 11 is 1.28. The molecule has 2 aliphatic heterocycles. The lowest BCUT2D eigenvalue weighted by atomic mass is 10.1. The number of fused-ring (bicyclic) bond motifs is 1. The van der Waals surface area contributed by atoms with Gasteiger partial charge in [0, 0.05) is 23.7 Å². The lowest BCUT2D eigenvalue weighted by Crippen LogP contribution is -2.51. The van der Waals surface area contributed by atoms with Crippen LogP contribution in [0.15, 0.2) is 53.4 Å². The Labute approximate surface area is 180 Å². The van der Waals surface area contributed by atoms with Gasteiger partial charge in [-0.25, -0.2) is 0 Å². The third kappa shape index (κ3) is 4.21. The van der Waals surface area contributed by atoms with Gasteiger partial charge in [-0.15, -0.1) is 11.8 Å². The molecule has 0 bridgehead atoms. The van der Waals surface area contributed by atoms with E-state index in [1.54, 1.807) is 4.90 Å². The van der Waals surface area contributed by atoms with E-state index in [2.05, 4.69) is 12.2 Å². The van der Waals surface area contributed by atoms with Crippen molar-refractivity contribution in [1.82, 2.24) is 4.90 Å². The van der Waals surface area contributed by atoms with Crippen LogP contribution in [0.3, 0.4) is 0 Å². The van der Waals surface area contributed by atoms with Gasteiger partial charge in [-0.1, -0.05) is 31.2 Å². The zero-order valence-electron chi connectivity index (χ0n) is 17.0. The van der Waals surface area contributed by atoms with Gasteiger partial charge in [0.2, 0.25) is 11.8 Å². The molecule has 6 nitrogen and oxygen atoms in total. The Bertz CT molecular complexity index is 954. The van der Waals surface area contributed by atoms with E-state index in [0.29, 0.717) is 24.5 Å². The number of nitrogens with one attached hydrogen (secondary N) is 1. The maximum Gasteiger partial charge on any atom is 0.250 e. The van der Waals surface area contributed by atoms with Crippen molar-refractivity contribution < 1.29 is 14.4 Å². The second-order valence-corrected chi connectivity index (χ2v) is 8.67. The Kier molecular flexibility index (Phi) is 6.08. The van der Waals surface area contributed by atoms with Crippen molar-refractivity contribution in [3.05, 3.63) is 54.1 Å². The number of anilines is 2. The van der Waals surface area contributed by atoms with Gasteiger partial charge in [0.25, 0.3) is 5.91 Å². The highest BCUT2D eigenvalue weighted by atomic mass is 32.2. The first kappa shape index (κ1) is 20.5. The lowest BCUT2D eigenvalue weighted by Gasteiger charge is -2.34. The Morgan fingerprint density at radius 2 is 1.77 bits per heavy atom. The molecule has 3 amide bonds. The molecule has 2 aromatic rings. The second kappa shape index (κ2) is 8.92. The number of hydrogen-bond acceptors (Lipinski definition) is 4. The highest BCUT2D eigenvalue weighted by Gasteiger charge is 2.41. The molecule has 4 rings (SSSR count). The van der Waals surface area contributed by atoms with Gasteiger partial charge < -0.3 is 15.1 Å². The zero-order chi connectivity index (χ0) is 21.1. The predicted octanol–water partition coefficient (Wildman–Crippen LogP) is 3.32. The van der Waals surface area contributed by atoms with Gasteiger partial charge in [-0.2, -0.15) is 0 Å². The molecule has 1 atom stereocenters. The summed E-state index contributed by atoms with van der Waals surface area (Å²) in [4.78, 5) is 43.0. The number of carbonyl (C=O) groups excluding carboxylic acids is 3. The van der Waals surface area contributed by atoms with E-state index < -0.39 is 5.25 Å². The van der Waals surface area contributed by atoms with E-state index in [1.807, 2.05) is 48.5 Å². The third-order valence-corrected chi connectivity index (χ3v) is 6.72. The number of aryl methyl sites for hydroxylation is 1. The first-order chi connectivity index (χ1) is 14.6. The topological polar surface area (TPSA) is 69.7 Å². The number of likely N-dealkylation sites (tertiary alicyclic amines) is 1. The fourth-order valence-electron chi connectivity index (χ4n) is 3.81. The van der Waals surface area contributed by atoms with Crippen molar-refractivity contribution in [2.75, 3.05) is 29.9 Å². The number of hydrogen-bond donors (Lipinski definition) is 1. The molecular weight excluding hydrogens is 398 g/mol. The van der Waals surface area contributed by atoms with E-state index in [1.165, 1.54) is 22.2 Å². The van der Waals surface area contributed by atoms with Crippen molar-refractivity contribution in [3.63, 3.8) is 0 Å². The van der Waals surface area contributed by atoms with Crippen molar-refractivity contribution in [2.45, 2.75) is 36.3 Å². The molecule has 1 N–H and O–H groups in total. The highest BCUT2D eigenvalue weighted by Crippen LogP contribution is 2.40. The van der Waals surface area contributed by atoms with Crippen molar-refractivity contribution in [3.8, 4) is 0 Å². The van der Waals surface area contributed by atoms with Crippen LogP contribution in [0.1, 0.15) is 25.3 Å². The van der Waals surface area contributed by atoms with E-state index in [0.717, 1.165) is 24.2 Å². The number of para-hydroxylation sites is 1. The van der Waals surface area contributed by atoms with Gasteiger partial charge in [0.1, 0.15) is 6.54 Å². The summed E-state index contributed by atoms with van der Waals surface area (Å²) in [7, 11) is 0. The minimum absolute atomic E-state index is 0.129. The lowest BCUT2D eigenvalue weighted by molar-refractivity contribution is -0.134. The molecule has 1 saturated heterocycles. The van der Waals surface area contributed by atoms with Gasteiger partial charge >= 0.3 is 0 Å². The molecule has 2 aromatic carbocycles. The quantitative estimate of drug-likeness (QED) is 0.749. The van der Waals surface area contributed by atoms with E-state index >= 15 is 0 Å². The average molecular weight is 424 g/mol. The monoisotopic (exact) mass is 423 g/mol. The van der Waals surface area contributed by atoms with Gasteiger partial charge in [0.05, 0.1) is 5.69 Å². The normalized spacial score (nSPS) is 18.3. The third-order valence-electron chi connectivity index (χ3n) is 5.48. The van der Waals surface area contributed by atoms with Crippen LogP contribution in [-0.2, 0) is 20.8 Å². The molecule has 0 spiro atoms.